The SMILES string of the molecule is Cc1nnc2n1-c1sc3c(c1C1NC(C)NN21)CC(C)(C)OC3. The Labute approximate surface area is 138 Å². The highest BCUT2D eigenvalue weighted by atomic mass is 32.1. The zero-order valence-electron chi connectivity index (χ0n) is 13.7. The van der Waals surface area contributed by atoms with Crippen LogP contribution in [0.15, 0.2) is 0 Å². The summed E-state index contributed by atoms with van der Waals surface area (Å²) < 4.78 is 8.18. The molecule has 0 radical (unpaired) electrons. The summed E-state index contributed by atoms with van der Waals surface area (Å²) in [6.45, 7) is 9.15. The molecule has 2 N–H and O–H groups in total. The first-order chi connectivity index (χ1) is 10.9. The molecule has 2 unspecified atom stereocenters. The molecule has 0 amide bonds. The average molecular weight is 332 g/mol. The van der Waals surface area contributed by atoms with Crippen LogP contribution in [0.3, 0.4) is 0 Å². The van der Waals surface area contributed by atoms with E-state index >= 15 is 0 Å². The van der Waals surface area contributed by atoms with E-state index in [1.165, 1.54) is 21.0 Å². The summed E-state index contributed by atoms with van der Waals surface area (Å²) in [6, 6.07) is 0. The average Bonchev–Trinajstić information content (AvgIpc) is 3.12. The van der Waals surface area contributed by atoms with Gasteiger partial charge in [-0.3, -0.25) is 14.9 Å². The minimum atomic E-state index is -0.118. The first kappa shape index (κ1) is 13.9. The van der Waals surface area contributed by atoms with Crippen molar-refractivity contribution < 1.29 is 4.74 Å². The van der Waals surface area contributed by atoms with Crippen LogP contribution in [0.1, 0.15) is 48.8 Å². The molecule has 7 nitrogen and oxygen atoms in total. The summed E-state index contributed by atoms with van der Waals surface area (Å²) in [5, 5.41) is 15.6. The van der Waals surface area contributed by atoms with Crippen molar-refractivity contribution in [1.82, 2.24) is 25.5 Å². The van der Waals surface area contributed by atoms with Crippen LogP contribution >= 0.6 is 11.3 Å². The topological polar surface area (TPSA) is 67.2 Å². The third-order valence-corrected chi connectivity index (χ3v) is 6.01. The van der Waals surface area contributed by atoms with Crippen LogP contribution < -0.4 is 15.8 Å². The predicted molar refractivity (Wildman–Crippen MR) is 87.5 cm³/mol. The second-order valence-electron chi connectivity index (χ2n) is 7.12. The molecule has 2 atom stereocenters. The van der Waals surface area contributed by atoms with Crippen molar-refractivity contribution in [3.05, 3.63) is 21.8 Å². The van der Waals surface area contributed by atoms with E-state index in [1.807, 2.05) is 18.3 Å². The highest BCUT2D eigenvalue weighted by Gasteiger charge is 2.44. The minimum Gasteiger partial charge on any atom is -0.370 e. The van der Waals surface area contributed by atoms with E-state index in [-0.39, 0.29) is 17.9 Å². The van der Waals surface area contributed by atoms with Crippen LogP contribution in [0.25, 0.3) is 5.00 Å². The summed E-state index contributed by atoms with van der Waals surface area (Å²) in [6.07, 6.45) is 1.23. The summed E-state index contributed by atoms with van der Waals surface area (Å²) in [7, 11) is 0. The molecule has 8 heteroatoms. The van der Waals surface area contributed by atoms with Gasteiger partial charge >= 0.3 is 0 Å². The maximum Gasteiger partial charge on any atom is 0.248 e. The third kappa shape index (κ3) is 1.80. The molecule has 2 aromatic rings. The lowest BCUT2D eigenvalue weighted by atomic mass is 9.91. The number of ether oxygens (including phenoxy) is 1. The van der Waals surface area contributed by atoms with Gasteiger partial charge in [0, 0.05) is 16.9 Å². The van der Waals surface area contributed by atoms with Crippen molar-refractivity contribution in [2.24, 2.45) is 0 Å². The normalized spacial score (nSPS) is 27.4. The van der Waals surface area contributed by atoms with Crippen molar-refractivity contribution in [2.75, 3.05) is 5.01 Å². The van der Waals surface area contributed by atoms with E-state index in [4.69, 9.17) is 4.74 Å². The number of hydrazine groups is 1. The van der Waals surface area contributed by atoms with Crippen molar-refractivity contribution in [1.29, 1.82) is 0 Å². The van der Waals surface area contributed by atoms with Gasteiger partial charge in [0.05, 0.1) is 18.4 Å². The fourth-order valence-corrected chi connectivity index (χ4v) is 5.08. The molecule has 0 bridgehead atoms. The number of nitrogens with zero attached hydrogens (tertiary/aromatic N) is 4. The van der Waals surface area contributed by atoms with Gasteiger partial charge < -0.3 is 4.74 Å². The summed E-state index contributed by atoms with van der Waals surface area (Å²) in [5.41, 5.74) is 6.12. The number of thiophene rings is 1. The van der Waals surface area contributed by atoms with Crippen molar-refractivity contribution in [3.8, 4) is 5.00 Å². The number of hydrogen-bond acceptors (Lipinski definition) is 7. The van der Waals surface area contributed by atoms with E-state index in [9.17, 15) is 0 Å². The van der Waals surface area contributed by atoms with E-state index in [2.05, 4.69) is 51.3 Å². The molecule has 0 saturated carbocycles. The molecular weight excluding hydrogens is 312 g/mol. The van der Waals surface area contributed by atoms with Gasteiger partial charge in [-0.2, -0.15) is 0 Å². The Morgan fingerprint density at radius 3 is 3.00 bits per heavy atom. The lowest BCUT2D eigenvalue weighted by molar-refractivity contribution is -0.0385. The second kappa shape index (κ2) is 4.32. The number of fused-ring (bicyclic) bond motifs is 8. The summed E-state index contributed by atoms with van der Waals surface area (Å²) in [4.78, 5) is 1.33. The molecule has 0 aliphatic carbocycles. The number of aryl methyl sites for hydroxylation is 1. The first-order valence-electron chi connectivity index (χ1n) is 7.97. The lowest BCUT2D eigenvalue weighted by Gasteiger charge is -2.34. The highest BCUT2D eigenvalue weighted by molar-refractivity contribution is 7.15. The number of aromatic nitrogens is 3. The maximum atomic E-state index is 6.02. The Kier molecular flexibility index (Phi) is 2.62. The summed E-state index contributed by atoms with van der Waals surface area (Å²) in [5.74, 6) is 1.77. The Bertz CT molecular complexity index is 809. The minimum absolute atomic E-state index is 0.102. The van der Waals surface area contributed by atoms with E-state index in [0.29, 0.717) is 6.61 Å². The maximum absolute atomic E-state index is 6.02. The zero-order chi connectivity index (χ0) is 15.9. The number of anilines is 1. The Morgan fingerprint density at radius 2 is 2.17 bits per heavy atom. The monoisotopic (exact) mass is 332 g/mol. The Hall–Kier alpha value is -1.48. The molecule has 3 aliphatic heterocycles. The standard InChI is InChI=1S/C15H20N6OS/c1-7-16-12-11-9-5-15(3,4)22-6-10(9)23-13(11)20-8(2)17-18-14(20)21(12)19-7/h7,12,16,19H,5-6H2,1-4H3. The largest absolute Gasteiger partial charge is 0.370 e. The molecular formula is C15H20N6OS. The lowest BCUT2D eigenvalue weighted by Crippen LogP contribution is -2.40. The Balaban J connectivity index is 1.77. The molecule has 3 aliphatic rings. The zero-order valence-corrected chi connectivity index (χ0v) is 14.5. The van der Waals surface area contributed by atoms with Gasteiger partial charge in [-0.05, 0) is 33.3 Å². The van der Waals surface area contributed by atoms with Crippen molar-refractivity contribution >= 4 is 17.3 Å². The van der Waals surface area contributed by atoms with Gasteiger partial charge in [-0.25, -0.2) is 5.43 Å². The van der Waals surface area contributed by atoms with E-state index in [0.717, 1.165) is 18.2 Å². The van der Waals surface area contributed by atoms with Gasteiger partial charge in [-0.15, -0.1) is 21.5 Å². The number of hydrogen-bond donors (Lipinski definition) is 2. The highest BCUT2D eigenvalue weighted by Crippen LogP contribution is 2.47. The van der Waals surface area contributed by atoms with E-state index < -0.39 is 0 Å². The molecule has 1 saturated heterocycles. The van der Waals surface area contributed by atoms with Crippen LogP contribution in [0.2, 0.25) is 0 Å². The molecule has 23 heavy (non-hydrogen) atoms. The van der Waals surface area contributed by atoms with Crippen LogP contribution in [0.4, 0.5) is 5.95 Å². The van der Waals surface area contributed by atoms with Gasteiger partial charge in [-0.1, -0.05) is 0 Å². The molecule has 122 valence electrons. The molecule has 0 spiro atoms. The van der Waals surface area contributed by atoms with Crippen LogP contribution in [0.5, 0.6) is 0 Å². The fourth-order valence-electron chi connectivity index (χ4n) is 3.77. The second-order valence-corrected chi connectivity index (χ2v) is 8.20. The predicted octanol–water partition coefficient (Wildman–Crippen LogP) is 1.76. The van der Waals surface area contributed by atoms with Crippen LogP contribution in [-0.4, -0.2) is 26.5 Å². The van der Waals surface area contributed by atoms with E-state index in [1.54, 1.807) is 0 Å². The molecule has 2 aromatic heterocycles. The molecule has 5 heterocycles. The third-order valence-electron chi connectivity index (χ3n) is 4.81. The number of rotatable bonds is 0. The molecule has 0 aromatic carbocycles. The van der Waals surface area contributed by atoms with Gasteiger partial charge in [0.25, 0.3) is 0 Å². The van der Waals surface area contributed by atoms with Crippen molar-refractivity contribution in [3.63, 3.8) is 0 Å². The van der Waals surface area contributed by atoms with Crippen LogP contribution in [0, 0.1) is 6.92 Å². The van der Waals surface area contributed by atoms with Gasteiger partial charge in [0.1, 0.15) is 17.0 Å². The molecule has 1 fully saturated rings. The van der Waals surface area contributed by atoms with Crippen LogP contribution in [-0.2, 0) is 17.8 Å². The quantitative estimate of drug-likeness (QED) is 0.766. The first-order valence-corrected chi connectivity index (χ1v) is 8.78. The smallest absolute Gasteiger partial charge is 0.248 e. The fraction of sp³-hybridized carbons (Fsp3) is 0.600. The van der Waals surface area contributed by atoms with Gasteiger partial charge in [0.15, 0.2) is 0 Å². The van der Waals surface area contributed by atoms with Crippen molar-refractivity contribution in [2.45, 2.75) is 58.7 Å². The summed E-state index contributed by atoms with van der Waals surface area (Å²) >= 11 is 1.81. The van der Waals surface area contributed by atoms with Gasteiger partial charge in [0.2, 0.25) is 5.95 Å². The molecule has 5 rings (SSSR count). The number of nitrogens with one attached hydrogen (secondary N) is 2. The Morgan fingerprint density at radius 1 is 1.35 bits per heavy atom.